The highest BCUT2D eigenvalue weighted by Crippen LogP contribution is 2.31. The molecular weight excluding hydrogens is 503 g/mol. The Balaban J connectivity index is 1.51. The van der Waals surface area contributed by atoms with E-state index >= 15 is 0 Å². The van der Waals surface area contributed by atoms with Crippen molar-refractivity contribution in [3.8, 4) is 5.75 Å². The van der Waals surface area contributed by atoms with Crippen LogP contribution in [0.4, 0.5) is 4.39 Å². The maximum Gasteiger partial charge on any atom is 0.338 e. The molecule has 192 valence electrons. The van der Waals surface area contributed by atoms with Crippen molar-refractivity contribution in [2.75, 3.05) is 7.11 Å². The molecule has 0 N–H and O–H groups in total. The first-order chi connectivity index (χ1) is 18.5. The van der Waals surface area contributed by atoms with Crippen LogP contribution in [0.15, 0.2) is 99.9 Å². The summed E-state index contributed by atoms with van der Waals surface area (Å²) in [6.45, 7) is 2.04. The van der Waals surface area contributed by atoms with Crippen LogP contribution in [0.3, 0.4) is 0 Å². The van der Waals surface area contributed by atoms with Crippen LogP contribution in [0.5, 0.6) is 5.75 Å². The number of thiazole rings is 1. The summed E-state index contributed by atoms with van der Waals surface area (Å²) in [6, 6.07) is 22.5. The number of fused-ring (bicyclic) bond motifs is 1. The lowest BCUT2D eigenvalue weighted by Crippen LogP contribution is -2.40. The van der Waals surface area contributed by atoms with Gasteiger partial charge in [-0.15, -0.1) is 0 Å². The molecule has 6 nitrogen and oxygen atoms in total. The second kappa shape index (κ2) is 11.0. The number of rotatable bonds is 7. The van der Waals surface area contributed by atoms with Crippen molar-refractivity contribution in [2.24, 2.45) is 4.99 Å². The molecule has 4 aromatic rings. The van der Waals surface area contributed by atoms with E-state index in [1.165, 1.54) is 24.5 Å². The van der Waals surface area contributed by atoms with Crippen molar-refractivity contribution in [3.63, 3.8) is 0 Å². The van der Waals surface area contributed by atoms with Crippen molar-refractivity contribution in [1.29, 1.82) is 0 Å². The maximum absolute atomic E-state index is 13.9. The lowest BCUT2D eigenvalue weighted by atomic mass is 9.95. The number of carbonyl (C=O) groups excluding carboxylic acids is 1. The summed E-state index contributed by atoms with van der Waals surface area (Å²) in [5, 5.41) is 0. The Kier molecular flexibility index (Phi) is 7.33. The molecule has 0 spiro atoms. The van der Waals surface area contributed by atoms with Crippen molar-refractivity contribution < 1.29 is 18.7 Å². The lowest BCUT2D eigenvalue weighted by molar-refractivity contribution is -0.136. The number of carbonyl (C=O) groups is 1. The van der Waals surface area contributed by atoms with E-state index in [1.807, 2.05) is 49.4 Å². The quantitative estimate of drug-likeness (QED) is 0.331. The summed E-state index contributed by atoms with van der Waals surface area (Å²) < 4.78 is 26.7. The summed E-state index contributed by atoms with van der Waals surface area (Å²) in [5.74, 6) is -0.221. The highest BCUT2D eigenvalue weighted by molar-refractivity contribution is 7.07. The summed E-state index contributed by atoms with van der Waals surface area (Å²) in [4.78, 5) is 31.7. The van der Waals surface area contributed by atoms with Crippen LogP contribution in [-0.4, -0.2) is 17.6 Å². The third kappa shape index (κ3) is 4.95. The topological polar surface area (TPSA) is 69.9 Å². The third-order valence-corrected chi connectivity index (χ3v) is 7.28. The first-order valence-electron chi connectivity index (χ1n) is 12.1. The lowest BCUT2D eigenvalue weighted by Gasteiger charge is -2.25. The zero-order valence-electron chi connectivity index (χ0n) is 20.9. The van der Waals surface area contributed by atoms with Crippen LogP contribution < -0.4 is 19.6 Å². The number of aromatic nitrogens is 1. The second-order valence-electron chi connectivity index (χ2n) is 8.65. The van der Waals surface area contributed by atoms with Gasteiger partial charge in [-0.25, -0.2) is 14.2 Å². The molecule has 0 saturated carbocycles. The molecule has 0 unspecified atom stereocenters. The third-order valence-electron chi connectivity index (χ3n) is 6.30. The molecule has 1 aliphatic rings. The number of allylic oxidation sites excluding steroid dienone is 1. The molecule has 3 aromatic carbocycles. The van der Waals surface area contributed by atoms with Crippen LogP contribution in [0.25, 0.3) is 6.08 Å². The Morgan fingerprint density at radius 3 is 2.45 bits per heavy atom. The van der Waals surface area contributed by atoms with E-state index in [0.717, 1.165) is 11.1 Å². The Hall–Kier alpha value is -4.30. The first kappa shape index (κ1) is 25.4. The number of halogens is 1. The minimum atomic E-state index is -0.633. The van der Waals surface area contributed by atoms with Crippen molar-refractivity contribution in [1.82, 2.24) is 4.57 Å². The molecule has 38 heavy (non-hydrogen) atoms. The fourth-order valence-electron chi connectivity index (χ4n) is 4.40. The molecule has 0 saturated heterocycles. The van der Waals surface area contributed by atoms with Gasteiger partial charge in [0.25, 0.3) is 5.56 Å². The molecule has 0 aliphatic carbocycles. The van der Waals surface area contributed by atoms with Gasteiger partial charge in [-0.05, 0) is 41.8 Å². The van der Waals surface area contributed by atoms with Gasteiger partial charge in [0.2, 0.25) is 0 Å². The smallest absolute Gasteiger partial charge is 0.338 e. The number of methoxy groups -OCH3 is 1. The Morgan fingerprint density at radius 1 is 1.05 bits per heavy atom. The summed E-state index contributed by atoms with van der Waals surface area (Å²) in [7, 11) is 1.33. The van der Waals surface area contributed by atoms with Gasteiger partial charge in [0.05, 0.1) is 29.0 Å². The van der Waals surface area contributed by atoms with Crippen LogP contribution in [0.2, 0.25) is 0 Å². The van der Waals surface area contributed by atoms with E-state index in [2.05, 4.69) is 4.99 Å². The molecule has 1 aliphatic heterocycles. The zero-order valence-corrected chi connectivity index (χ0v) is 21.7. The standard InChI is InChI=1S/C30H25FN2O4S/c1-3-24-26(29(35)36-2)27(20-9-5-4-6-10-20)33-28(34)25(38-30(33)32-24)17-19-13-15-22(16-14-19)37-18-21-11-7-8-12-23(21)31/h4-17,27H,3,18H2,1-2H3/b25-17-/t27-/m1/s1. The van der Waals surface area contributed by atoms with Gasteiger partial charge in [-0.2, -0.15) is 0 Å². The number of benzene rings is 3. The molecule has 2 heterocycles. The van der Waals surface area contributed by atoms with E-state index in [1.54, 1.807) is 41.0 Å². The molecule has 0 radical (unpaired) electrons. The molecular formula is C30H25FN2O4S. The van der Waals surface area contributed by atoms with Crippen LogP contribution in [0, 0.1) is 5.82 Å². The van der Waals surface area contributed by atoms with Gasteiger partial charge in [0.15, 0.2) is 4.80 Å². The predicted octanol–water partition coefficient (Wildman–Crippen LogP) is 4.52. The van der Waals surface area contributed by atoms with Gasteiger partial charge in [0, 0.05) is 5.56 Å². The fraction of sp³-hybridized carbons (Fsp3) is 0.167. The SMILES string of the molecule is CCC1=C(C(=O)OC)[C@@H](c2ccccc2)n2c(s/c(=C\c3ccc(OCc4ccccc4F)cc3)c2=O)=N1. The van der Waals surface area contributed by atoms with E-state index in [9.17, 15) is 14.0 Å². The molecule has 1 atom stereocenters. The van der Waals surface area contributed by atoms with Crippen LogP contribution in [0.1, 0.15) is 36.1 Å². The first-order valence-corrected chi connectivity index (χ1v) is 13.0. The van der Waals surface area contributed by atoms with Gasteiger partial charge in [-0.1, -0.05) is 78.9 Å². The molecule has 0 fully saturated rings. The van der Waals surface area contributed by atoms with E-state index in [-0.39, 0.29) is 18.0 Å². The minimum Gasteiger partial charge on any atom is -0.489 e. The van der Waals surface area contributed by atoms with Crippen LogP contribution >= 0.6 is 11.3 Å². The highest BCUT2D eigenvalue weighted by Gasteiger charge is 2.33. The van der Waals surface area contributed by atoms with E-state index < -0.39 is 12.0 Å². The maximum atomic E-state index is 13.9. The van der Waals surface area contributed by atoms with Crippen molar-refractivity contribution in [2.45, 2.75) is 26.0 Å². The normalized spacial score (nSPS) is 15.1. The molecule has 0 bridgehead atoms. The fourth-order valence-corrected chi connectivity index (χ4v) is 5.42. The Bertz CT molecular complexity index is 1690. The average Bonchev–Trinajstić information content (AvgIpc) is 3.26. The van der Waals surface area contributed by atoms with Crippen molar-refractivity contribution in [3.05, 3.63) is 132 Å². The average molecular weight is 529 g/mol. The van der Waals surface area contributed by atoms with Gasteiger partial charge < -0.3 is 9.47 Å². The molecule has 5 rings (SSSR count). The van der Waals surface area contributed by atoms with Crippen molar-refractivity contribution >= 4 is 23.4 Å². The largest absolute Gasteiger partial charge is 0.489 e. The van der Waals surface area contributed by atoms with E-state index in [0.29, 0.717) is 38.3 Å². The Morgan fingerprint density at radius 2 is 1.76 bits per heavy atom. The highest BCUT2D eigenvalue weighted by atomic mass is 32.1. The van der Waals surface area contributed by atoms with Gasteiger partial charge in [-0.3, -0.25) is 9.36 Å². The molecule has 1 aromatic heterocycles. The zero-order chi connectivity index (χ0) is 26.6. The number of hydrogen-bond acceptors (Lipinski definition) is 6. The van der Waals surface area contributed by atoms with E-state index in [4.69, 9.17) is 9.47 Å². The minimum absolute atomic E-state index is 0.117. The summed E-state index contributed by atoms with van der Waals surface area (Å²) >= 11 is 1.28. The molecule has 8 heteroatoms. The number of ether oxygens (including phenoxy) is 2. The number of nitrogens with zero attached hydrogens (tertiary/aromatic N) is 2. The molecule has 0 amide bonds. The van der Waals surface area contributed by atoms with Gasteiger partial charge >= 0.3 is 5.97 Å². The second-order valence-corrected chi connectivity index (χ2v) is 9.66. The predicted molar refractivity (Wildman–Crippen MR) is 144 cm³/mol. The number of esters is 1. The monoisotopic (exact) mass is 528 g/mol. The summed E-state index contributed by atoms with van der Waals surface area (Å²) in [6.07, 6.45) is 2.31. The van der Waals surface area contributed by atoms with Crippen LogP contribution in [-0.2, 0) is 16.1 Å². The number of hydrogen-bond donors (Lipinski definition) is 0. The van der Waals surface area contributed by atoms with Gasteiger partial charge in [0.1, 0.15) is 18.2 Å². The summed E-state index contributed by atoms with van der Waals surface area (Å²) in [5.41, 5.74) is 2.82. The Labute approximate surface area is 222 Å².